The molecule has 0 saturated carbocycles. The lowest BCUT2D eigenvalue weighted by molar-refractivity contribution is -0.117. The second kappa shape index (κ2) is 12.1. The van der Waals surface area contributed by atoms with Crippen molar-refractivity contribution in [3.05, 3.63) is 64.8 Å². The molecular weight excluding hydrogens is 595 g/mol. The predicted molar refractivity (Wildman–Crippen MR) is 154 cm³/mol. The van der Waals surface area contributed by atoms with E-state index < -0.39 is 20.5 Å². The lowest BCUT2D eigenvalue weighted by Gasteiger charge is -2.35. The summed E-state index contributed by atoms with van der Waals surface area (Å²) in [5, 5.41) is 17.7. The molecule has 14 heteroatoms. The summed E-state index contributed by atoms with van der Waals surface area (Å²) in [5.41, 5.74) is 2.39. The maximum atomic E-state index is 12.8. The molecule has 11 nitrogen and oxygen atoms in total. The first-order chi connectivity index (χ1) is 19.3. The zero-order chi connectivity index (χ0) is 30.1. The van der Waals surface area contributed by atoms with Crippen molar-refractivity contribution in [2.75, 3.05) is 24.4 Å². The molecule has 2 aliphatic heterocycles. The maximum Gasteiger partial charge on any atom is 0.260 e. The van der Waals surface area contributed by atoms with Crippen LogP contribution in [0, 0.1) is 6.92 Å². The monoisotopic (exact) mass is 622 g/mol. The minimum absolute atomic E-state index is 0.0493. The van der Waals surface area contributed by atoms with Crippen molar-refractivity contribution < 1.29 is 32.7 Å². The van der Waals surface area contributed by atoms with Gasteiger partial charge in [0.05, 0.1) is 28.5 Å². The van der Waals surface area contributed by atoms with Gasteiger partial charge in [-0.15, -0.1) is 0 Å². The zero-order valence-electron chi connectivity index (χ0n) is 22.7. The number of carbonyl (C=O) groups is 2. The second-order valence-corrected chi connectivity index (χ2v) is 12.6. The van der Waals surface area contributed by atoms with E-state index in [-0.39, 0.29) is 33.9 Å². The van der Waals surface area contributed by atoms with E-state index >= 15 is 0 Å². The number of anilines is 1. The Labute approximate surface area is 247 Å². The Morgan fingerprint density at radius 3 is 2.44 bits per heavy atom. The fraction of sp³-hybridized carbons (Fsp3) is 0.333. The summed E-state index contributed by atoms with van der Waals surface area (Å²) in [7, 11) is -2.00. The van der Waals surface area contributed by atoms with Crippen LogP contribution in [0.15, 0.2) is 52.6 Å². The lowest BCUT2D eigenvalue weighted by Crippen LogP contribution is -2.47. The van der Waals surface area contributed by atoms with Crippen molar-refractivity contribution >= 4 is 56.1 Å². The first kappa shape index (κ1) is 30.4. The fourth-order valence-electron chi connectivity index (χ4n) is 4.56. The highest BCUT2D eigenvalue weighted by Crippen LogP contribution is 2.34. The maximum absolute atomic E-state index is 12.8. The number of oxime groups is 1. The third-order valence-electron chi connectivity index (χ3n) is 6.59. The molecule has 2 aromatic carbocycles. The number of ketones is 1. The molecular formula is C27H28Cl2N4O7S. The summed E-state index contributed by atoms with van der Waals surface area (Å²) in [6, 6.07) is 10.1. The summed E-state index contributed by atoms with van der Waals surface area (Å²) in [4.78, 5) is 30.3. The van der Waals surface area contributed by atoms with Crippen molar-refractivity contribution in [1.29, 1.82) is 0 Å². The number of halogens is 2. The minimum atomic E-state index is -3.52. The Kier molecular flexibility index (Phi) is 8.95. The Morgan fingerprint density at radius 2 is 1.85 bits per heavy atom. The highest BCUT2D eigenvalue weighted by Gasteiger charge is 2.32. The van der Waals surface area contributed by atoms with Crippen molar-refractivity contribution in [3.8, 4) is 11.6 Å². The van der Waals surface area contributed by atoms with Gasteiger partial charge in [0.15, 0.2) is 20.5 Å². The minimum Gasteiger partial charge on any atom is -0.493 e. The Hall–Kier alpha value is -3.61. The van der Waals surface area contributed by atoms with Gasteiger partial charge in [-0.3, -0.25) is 9.59 Å². The van der Waals surface area contributed by atoms with Gasteiger partial charge in [-0.05, 0) is 43.7 Å². The standard InChI is InChI=1S/C16H17N3O5S.C11H11Cl2NO2/c1-9-10(15(20)11-8-17-19(2)16(11)21)4-5-13(25(3,22)23)14(9)12-6-7-24-18-12;1-7-6-16-9-5-3-2-4-8(9)14(7)11(15)10(12)13/h4-5,8,21H,6-7H2,1-3H3;2-5,7,10H,6H2,1H3. The molecule has 3 heterocycles. The number of hydrogen-bond donors (Lipinski definition) is 1. The van der Waals surface area contributed by atoms with E-state index in [1.54, 1.807) is 11.8 Å². The number of nitrogens with zero attached hydrogens (tertiary/aromatic N) is 4. The van der Waals surface area contributed by atoms with Gasteiger partial charge >= 0.3 is 0 Å². The molecule has 1 amide bonds. The average Bonchev–Trinajstić information content (AvgIpc) is 3.57. The SMILES string of the molecule is CC1COc2ccccc2N1C(=O)C(Cl)Cl.Cc1c(C(=O)c2cnn(C)c2O)ccc(S(C)(=O)=O)c1C1=NOCC1. The number of sulfone groups is 1. The number of alkyl halides is 2. The summed E-state index contributed by atoms with van der Waals surface area (Å²) in [6.45, 7) is 4.36. The molecule has 5 rings (SSSR count). The Morgan fingerprint density at radius 1 is 1.15 bits per heavy atom. The van der Waals surface area contributed by atoms with Crippen LogP contribution in [0.1, 0.15) is 40.4 Å². The van der Waals surface area contributed by atoms with E-state index in [1.165, 1.54) is 30.1 Å². The molecule has 0 fully saturated rings. The van der Waals surface area contributed by atoms with Crippen LogP contribution < -0.4 is 9.64 Å². The van der Waals surface area contributed by atoms with Crippen molar-refractivity contribution in [1.82, 2.24) is 9.78 Å². The van der Waals surface area contributed by atoms with Crippen LogP contribution in [0.4, 0.5) is 5.69 Å². The normalized spacial score (nSPS) is 16.2. The molecule has 0 saturated heterocycles. The Bertz CT molecular complexity index is 1640. The molecule has 0 aliphatic carbocycles. The average molecular weight is 624 g/mol. The Balaban J connectivity index is 0.000000208. The molecule has 3 aromatic rings. The van der Waals surface area contributed by atoms with Crippen molar-refractivity contribution in [3.63, 3.8) is 0 Å². The van der Waals surface area contributed by atoms with Crippen LogP contribution >= 0.6 is 23.2 Å². The van der Waals surface area contributed by atoms with Gasteiger partial charge < -0.3 is 19.6 Å². The number of benzene rings is 2. The number of ether oxygens (including phenoxy) is 1. The third-order valence-corrected chi connectivity index (χ3v) is 8.10. The summed E-state index contributed by atoms with van der Waals surface area (Å²) in [5.74, 6) is -0.321. The molecule has 0 spiro atoms. The zero-order valence-corrected chi connectivity index (χ0v) is 25.0. The summed E-state index contributed by atoms with van der Waals surface area (Å²) >= 11 is 11.3. The van der Waals surface area contributed by atoms with Gasteiger partial charge in [0, 0.05) is 30.9 Å². The van der Waals surface area contributed by atoms with Crippen LogP contribution in [0.25, 0.3) is 0 Å². The van der Waals surface area contributed by atoms with Gasteiger partial charge in [-0.25, -0.2) is 13.1 Å². The molecule has 0 radical (unpaired) electrons. The number of carbonyl (C=O) groups excluding carboxylic acids is 2. The van der Waals surface area contributed by atoms with Crippen LogP contribution in [-0.2, 0) is 26.5 Å². The van der Waals surface area contributed by atoms with Gasteiger partial charge in [0.25, 0.3) is 5.91 Å². The van der Waals surface area contributed by atoms with Crippen LogP contribution in [0.3, 0.4) is 0 Å². The molecule has 2 aliphatic rings. The summed E-state index contributed by atoms with van der Waals surface area (Å²) < 4.78 is 31.0. The van der Waals surface area contributed by atoms with Gasteiger partial charge in [-0.2, -0.15) is 5.10 Å². The number of aromatic hydroxyl groups is 1. The van der Waals surface area contributed by atoms with E-state index in [9.17, 15) is 23.1 Å². The molecule has 41 heavy (non-hydrogen) atoms. The van der Waals surface area contributed by atoms with Crippen molar-refractivity contribution in [2.45, 2.75) is 36.0 Å². The molecule has 1 N–H and O–H groups in total. The van der Waals surface area contributed by atoms with Crippen LogP contribution in [-0.4, -0.2) is 71.1 Å². The number of hydrogen-bond acceptors (Lipinski definition) is 9. The van der Waals surface area contributed by atoms with E-state index in [2.05, 4.69) is 10.3 Å². The smallest absolute Gasteiger partial charge is 0.260 e. The second-order valence-electron chi connectivity index (χ2n) is 9.48. The van der Waals surface area contributed by atoms with E-state index in [0.29, 0.717) is 42.2 Å². The molecule has 1 atom stereocenters. The van der Waals surface area contributed by atoms with E-state index in [4.69, 9.17) is 32.8 Å². The number of aryl methyl sites for hydroxylation is 1. The highest BCUT2D eigenvalue weighted by atomic mass is 35.5. The molecule has 1 unspecified atom stereocenters. The number of fused-ring (bicyclic) bond motifs is 1. The van der Waals surface area contributed by atoms with E-state index in [0.717, 1.165) is 11.9 Å². The number of para-hydroxylation sites is 2. The van der Waals surface area contributed by atoms with Gasteiger partial charge in [0.1, 0.15) is 24.5 Å². The number of aromatic nitrogens is 2. The fourth-order valence-corrected chi connectivity index (χ4v) is 5.73. The van der Waals surface area contributed by atoms with Crippen molar-refractivity contribution in [2.24, 2.45) is 12.2 Å². The molecule has 1 aromatic heterocycles. The van der Waals surface area contributed by atoms with Gasteiger partial charge in [0.2, 0.25) is 5.88 Å². The topological polar surface area (TPSA) is 140 Å². The first-order valence-corrected chi connectivity index (χ1v) is 15.2. The van der Waals surface area contributed by atoms with E-state index in [1.807, 2.05) is 31.2 Å². The molecule has 0 bridgehead atoms. The quantitative estimate of drug-likeness (QED) is 0.335. The highest BCUT2D eigenvalue weighted by molar-refractivity contribution is 7.90. The van der Waals surface area contributed by atoms with Crippen LogP contribution in [0.2, 0.25) is 0 Å². The number of amides is 1. The van der Waals surface area contributed by atoms with Crippen LogP contribution in [0.5, 0.6) is 11.6 Å². The largest absolute Gasteiger partial charge is 0.493 e. The predicted octanol–water partition coefficient (Wildman–Crippen LogP) is 3.80. The third kappa shape index (κ3) is 6.19. The number of rotatable bonds is 5. The van der Waals surface area contributed by atoms with Gasteiger partial charge in [-0.1, -0.05) is 40.5 Å². The summed E-state index contributed by atoms with van der Waals surface area (Å²) in [6.07, 6.45) is 2.84. The molecule has 218 valence electrons. The lowest BCUT2D eigenvalue weighted by atomic mass is 9.93. The first-order valence-electron chi connectivity index (χ1n) is 12.4.